The zero-order chi connectivity index (χ0) is 7.72. The van der Waals surface area contributed by atoms with Gasteiger partial charge in [-0.2, -0.15) is 0 Å². The van der Waals surface area contributed by atoms with Crippen LogP contribution < -0.4 is 0 Å². The Balaban J connectivity index is 2.73. The Morgan fingerprint density at radius 3 is 2.50 bits per heavy atom. The summed E-state index contributed by atoms with van der Waals surface area (Å²) in [5.74, 6) is 0. The molecule has 0 unspecified atom stereocenters. The third-order valence-corrected chi connectivity index (χ3v) is 1.64. The average molecular weight is 143 g/mol. The van der Waals surface area contributed by atoms with Crippen LogP contribution in [0, 0.1) is 0 Å². The Kier molecular flexibility index (Phi) is 1.61. The Bertz CT molecular complexity index is 168. The summed E-state index contributed by atoms with van der Waals surface area (Å²) in [5, 5.41) is 0. The smallest absolute Gasteiger partial charge is 0.410 e. The molecular weight excluding hydrogens is 134 g/mol. The molecule has 0 aromatic carbocycles. The van der Waals surface area contributed by atoms with Crippen LogP contribution in [-0.4, -0.2) is 36.5 Å². The molecule has 1 amide bonds. The van der Waals surface area contributed by atoms with Crippen molar-refractivity contribution in [1.29, 1.82) is 0 Å². The van der Waals surface area contributed by atoms with Crippen molar-refractivity contribution in [2.75, 3.05) is 7.05 Å². The Morgan fingerprint density at radius 1 is 1.70 bits per heavy atom. The predicted molar refractivity (Wildman–Crippen MR) is 33.6 cm³/mol. The number of hydrogen-bond donors (Lipinski definition) is 0. The third kappa shape index (κ3) is 0.853. The summed E-state index contributed by atoms with van der Waals surface area (Å²) in [6, 6.07) is -0.410. The van der Waals surface area contributed by atoms with E-state index in [4.69, 9.17) is 4.74 Å². The van der Waals surface area contributed by atoms with Crippen molar-refractivity contribution in [3.63, 3.8) is 0 Å². The highest BCUT2D eigenvalue weighted by Gasteiger charge is 2.35. The first-order valence-corrected chi connectivity index (χ1v) is 3.05. The van der Waals surface area contributed by atoms with Gasteiger partial charge in [0.2, 0.25) is 0 Å². The second-order valence-corrected chi connectivity index (χ2v) is 2.33. The lowest BCUT2D eigenvalue weighted by atomic mass is 10.2. The molecule has 1 rings (SSSR count). The average Bonchev–Trinajstić information content (AvgIpc) is 2.09. The number of rotatable bonds is 1. The molecule has 0 bridgehead atoms. The highest BCUT2D eigenvalue weighted by Crippen LogP contribution is 2.14. The standard InChI is InChI=1S/C6H9NO3/c1-4-5(3-8)7(2)6(9)10-4/h3-5H,1-2H3/t4-,5-/m0/s1. The van der Waals surface area contributed by atoms with Gasteiger partial charge in [-0.1, -0.05) is 0 Å². The van der Waals surface area contributed by atoms with Gasteiger partial charge in [0.05, 0.1) is 0 Å². The summed E-state index contributed by atoms with van der Waals surface area (Å²) in [4.78, 5) is 22.3. The second-order valence-electron chi connectivity index (χ2n) is 2.33. The van der Waals surface area contributed by atoms with Crippen LogP contribution in [-0.2, 0) is 9.53 Å². The van der Waals surface area contributed by atoms with Crippen molar-refractivity contribution in [3.8, 4) is 0 Å². The van der Waals surface area contributed by atoms with E-state index in [0.717, 1.165) is 6.29 Å². The molecule has 4 heteroatoms. The van der Waals surface area contributed by atoms with Gasteiger partial charge in [0.1, 0.15) is 18.4 Å². The fourth-order valence-electron chi connectivity index (χ4n) is 0.950. The van der Waals surface area contributed by atoms with Crippen LogP contribution in [0.15, 0.2) is 0 Å². The lowest BCUT2D eigenvalue weighted by Gasteiger charge is -2.10. The molecule has 0 aromatic heterocycles. The van der Waals surface area contributed by atoms with E-state index in [0.29, 0.717) is 0 Å². The molecule has 1 aliphatic heterocycles. The van der Waals surface area contributed by atoms with Crippen LogP contribution >= 0.6 is 0 Å². The van der Waals surface area contributed by atoms with E-state index in [-0.39, 0.29) is 6.10 Å². The van der Waals surface area contributed by atoms with Crippen molar-refractivity contribution < 1.29 is 14.3 Å². The minimum absolute atomic E-state index is 0.310. The second kappa shape index (κ2) is 2.28. The Hall–Kier alpha value is -1.06. The van der Waals surface area contributed by atoms with Gasteiger partial charge < -0.3 is 9.53 Å². The number of cyclic esters (lactones) is 1. The highest BCUT2D eigenvalue weighted by atomic mass is 16.6. The number of carbonyl (C=O) groups is 2. The number of nitrogens with zero attached hydrogens (tertiary/aromatic N) is 1. The van der Waals surface area contributed by atoms with Crippen LogP contribution in [0.5, 0.6) is 0 Å². The normalized spacial score (nSPS) is 32.2. The molecule has 0 aliphatic carbocycles. The molecule has 56 valence electrons. The van der Waals surface area contributed by atoms with Crippen molar-refractivity contribution in [2.45, 2.75) is 19.1 Å². The predicted octanol–water partition coefficient (Wildman–Crippen LogP) is 0.0244. The largest absolute Gasteiger partial charge is 0.444 e. The van der Waals surface area contributed by atoms with Crippen molar-refractivity contribution in [3.05, 3.63) is 0 Å². The van der Waals surface area contributed by atoms with Gasteiger partial charge in [-0.3, -0.25) is 4.90 Å². The summed E-state index contributed by atoms with van der Waals surface area (Å²) >= 11 is 0. The molecule has 0 N–H and O–H groups in total. The van der Waals surface area contributed by atoms with Gasteiger partial charge in [0.15, 0.2) is 0 Å². The lowest BCUT2D eigenvalue weighted by Crippen LogP contribution is -2.33. The van der Waals surface area contributed by atoms with E-state index in [1.807, 2.05) is 0 Å². The van der Waals surface area contributed by atoms with Crippen LogP contribution in [0.1, 0.15) is 6.92 Å². The van der Waals surface area contributed by atoms with Crippen LogP contribution in [0.2, 0.25) is 0 Å². The molecule has 4 nitrogen and oxygen atoms in total. The van der Waals surface area contributed by atoms with E-state index in [9.17, 15) is 9.59 Å². The van der Waals surface area contributed by atoms with E-state index >= 15 is 0 Å². The van der Waals surface area contributed by atoms with Crippen LogP contribution in [0.3, 0.4) is 0 Å². The molecule has 0 spiro atoms. The number of carbonyl (C=O) groups excluding carboxylic acids is 2. The van der Waals surface area contributed by atoms with Gasteiger partial charge in [0, 0.05) is 7.05 Å². The number of ether oxygens (including phenoxy) is 1. The van der Waals surface area contributed by atoms with Crippen LogP contribution in [0.25, 0.3) is 0 Å². The summed E-state index contributed by atoms with van der Waals surface area (Å²) < 4.78 is 4.73. The Morgan fingerprint density at radius 2 is 2.30 bits per heavy atom. The van der Waals surface area contributed by atoms with Gasteiger partial charge in [-0.15, -0.1) is 0 Å². The maximum atomic E-state index is 10.7. The zero-order valence-electron chi connectivity index (χ0n) is 5.90. The molecule has 0 aromatic rings. The minimum atomic E-state index is -0.426. The van der Waals surface area contributed by atoms with Gasteiger partial charge in [0.25, 0.3) is 0 Å². The monoisotopic (exact) mass is 143 g/mol. The highest BCUT2D eigenvalue weighted by molar-refractivity contribution is 5.77. The van der Waals surface area contributed by atoms with Crippen molar-refractivity contribution in [1.82, 2.24) is 4.90 Å². The topological polar surface area (TPSA) is 46.6 Å². The number of aldehydes is 1. The van der Waals surface area contributed by atoms with Gasteiger partial charge in [-0.05, 0) is 6.92 Å². The SMILES string of the molecule is C[C@@H]1OC(=O)N(C)[C@H]1C=O. The zero-order valence-corrected chi connectivity index (χ0v) is 5.90. The lowest BCUT2D eigenvalue weighted by molar-refractivity contribution is -0.111. The molecule has 1 heterocycles. The van der Waals surface area contributed by atoms with E-state index in [1.54, 1.807) is 14.0 Å². The molecule has 0 saturated carbocycles. The summed E-state index contributed by atoms with van der Waals surface area (Å²) in [6.45, 7) is 1.69. The fraction of sp³-hybridized carbons (Fsp3) is 0.667. The minimum Gasteiger partial charge on any atom is -0.444 e. The fourth-order valence-corrected chi connectivity index (χ4v) is 0.950. The molecule has 10 heavy (non-hydrogen) atoms. The molecule has 1 saturated heterocycles. The molecular formula is C6H9NO3. The first kappa shape index (κ1) is 7.05. The van der Waals surface area contributed by atoms with Gasteiger partial charge in [-0.25, -0.2) is 4.79 Å². The van der Waals surface area contributed by atoms with E-state index < -0.39 is 12.1 Å². The molecule has 1 aliphatic rings. The van der Waals surface area contributed by atoms with Crippen LogP contribution in [0.4, 0.5) is 4.79 Å². The third-order valence-electron chi connectivity index (χ3n) is 1.64. The van der Waals surface area contributed by atoms with E-state index in [1.165, 1.54) is 4.90 Å². The molecule has 1 fully saturated rings. The molecule has 2 atom stereocenters. The first-order valence-electron chi connectivity index (χ1n) is 3.05. The molecule has 0 radical (unpaired) electrons. The number of likely N-dealkylation sites (N-methyl/N-ethyl adjacent to an activating group) is 1. The summed E-state index contributed by atoms with van der Waals surface area (Å²) in [7, 11) is 1.55. The maximum Gasteiger partial charge on any atom is 0.410 e. The summed E-state index contributed by atoms with van der Waals surface area (Å²) in [6.07, 6.45) is -0.0187. The number of amides is 1. The first-order chi connectivity index (χ1) is 4.66. The van der Waals surface area contributed by atoms with Crippen molar-refractivity contribution >= 4 is 12.4 Å². The Labute approximate surface area is 58.8 Å². The van der Waals surface area contributed by atoms with Crippen molar-refractivity contribution in [2.24, 2.45) is 0 Å². The van der Waals surface area contributed by atoms with E-state index in [2.05, 4.69) is 0 Å². The quantitative estimate of drug-likeness (QED) is 0.486. The number of hydrogen-bond acceptors (Lipinski definition) is 3. The van der Waals surface area contributed by atoms with Gasteiger partial charge >= 0.3 is 6.09 Å². The maximum absolute atomic E-state index is 10.7. The summed E-state index contributed by atoms with van der Waals surface area (Å²) in [5.41, 5.74) is 0.